The Kier molecular flexibility index (Phi) is 1.43. The molecule has 12 heavy (non-hydrogen) atoms. The third-order valence-corrected chi connectivity index (χ3v) is 2.09. The Hall–Kier alpha value is -1.32. The third-order valence-electron chi connectivity index (χ3n) is 2.09. The van der Waals surface area contributed by atoms with Gasteiger partial charge in [-0.15, -0.1) is 0 Å². The smallest absolute Gasteiger partial charge is 0.309 e. The van der Waals surface area contributed by atoms with Gasteiger partial charge in [0.25, 0.3) is 0 Å². The lowest BCUT2D eigenvalue weighted by atomic mass is 10.0. The lowest BCUT2D eigenvalue weighted by molar-refractivity contribution is -0.150. The largest absolute Gasteiger partial charge is 0.410 e. The molecule has 0 aromatic carbocycles. The van der Waals surface area contributed by atoms with E-state index in [-0.39, 0.29) is 17.9 Å². The first-order chi connectivity index (χ1) is 5.68. The molecule has 0 unspecified atom stereocenters. The molecule has 1 atom stereocenters. The second-order valence-electron chi connectivity index (χ2n) is 2.99. The average Bonchev–Trinajstić information content (AvgIpc) is 2.24. The second-order valence-corrected chi connectivity index (χ2v) is 2.99. The van der Waals surface area contributed by atoms with E-state index in [1.54, 1.807) is 11.0 Å². The van der Waals surface area contributed by atoms with Gasteiger partial charge in [0.2, 0.25) is 11.8 Å². The molecular weight excluding hydrogens is 158 g/mol. The van der Waals surface area contributed by atoms with Crippen LogP contribution in [0.2, 0.25) is 0 Å². The van der Waals surface area contributed by atoms with E-state index in [2.05, 4.69) is 0 Å². The molecule has 0 aromatic rings. The summed E-state index contributed by atoms with van der Waals surface area (Å²) in [5, 5.41) is 0. The summed E-state index contributed by atoms with van der Waals surface area (Å²) in [4.78, 5) is 23.1. The van der Waals surface area contributed by atoms with Crippen LogP contribution in [0.5, 0.6) is 0 Å². The monoisotopic (exact) mass is 167 g/mol. The van der Waals surface area contributed by atoms with Gasteiger partial charge in [0, 0.05) is 13.3 Å². The maximum Gasteiger partial charge on any atom is 0.309 e. The van der Waals surface area contributed by atoms with Crippen LogP contribution >= 0.6 is 0 Å². The van der Waals surface area contributed by atoms with Crippen LogP contribution < -0.4 is 0 Å². The van der Waals surface area contributed by atoms with Crippen molar-refractivity contribution >= 4 is 11.9 Å². The van der Waals surface area contributed by atoms with E-state index in [0.29, 0.717) is 12.3 Å². The standard InChI is InChI=1S/C8H9NO3/c1-5(10)12-8-3-2-6-4-7(11)9(6)8/h3,6H,2,4H2,1H3/t6-/m1/s1. The predicted octanol–water partition coefficient (Wildman–Crippen LogP) is 0.395. The fourth-order valence-corrected chi connectivity index (χ4v) is 1.55. The summed E-state index contributed by atoms with van der Waals surface area (Å²) < 4.78 is 4.84. The van der Waals surface area contributed by atoms with Crippen LogP contribution in [0, 0.1) is 0 Å². The van der Waals surface area contributed by atoms with Crippen molar-refractivity contribution in [3.63, 3.8) is 0 Å². The van der Waals surface area contributed by atoms with Gasteiger partial charge in [-0.25, -0.2) is 0 Å². The molecule has 1 fully saturated rings. The molecular formula is C8H9NO3. The van der Waals surface area contributed by atoms with E-state index in [9.17, 15) is 9.59 Å². The molecule has 1 amide bonds. The van der Waals surface area contributed by atoms with Crippen molar-refractivity contribution < 1.29 is 14.3 Å². The van der Waals surface area contributed by atoms with E-state index in [0.717, 1.165) is 6.42 Å². The molecule has 4 heteroatoms. The number of esters is 1. The minimum absolute atomic E-state index is 0.0463. The molecule has 0 aromatic heterocycles. The molecule has 64 valence electrons. The molecule has 0 bridgehead atoms. The van der Waals surface area contributed by atoms with Gasteiger partial charge in [-0.05, 0) is 12.5 Å². The van der Waals surface area contributed by atoms with Gasteiger partial charge in [-0.3, -0.25) is 14.5 Å². The number of amides is 1. The maximum absolute atomic E-state index is 11.0. The number of fused-ring (bicyclic) bond motifs is 1. The van der Waals surface area contributed by atoms with E-state index in [1.165, 1.54) is 6.92 Å². The summed E-state index contributed by atoms with van der Waals surface area (Å²) >= 11 is 0. The van der Waals surface area contributed by atoms with E-state index in [4.69, 9.17) is 4.74 Å². The minimum Gasteiger partial charge on any atom is -0.410 e. The highest BCUT2D eigenvalue weighted by atomic mass is 16.6. The average molecular weight is 167 g/mol. The Morgan fingerprint density at radius 1 is 1.75 bits per heavy atom. The molecule has 0 N–H and O–H groups in total. The number of carbonyl (C=O) groups excluding carboxylic acids is 2. The van der Waals surface area contributed by atoms with Crippen LogP contribution in [0.15, 0.2) is 12.0 Å². The SMILES string of the molecule is CC(=O)OC1=CC[C@@H]2CC(=O)N12. The molecule has 0 aliphatic carbocycles. The zero-order valence-electron chi connectivity index (χ0n) is 6.74. The van der Waals surface area contributed by atoms with Crippen LogP contribution in [0.25, 0.3) is 0 Å². The molecule has 0 radical (unpaired) electrons. The molecule has 0 spiro atoms. The zero-order chi connectivity index (χ0) is 8.72. The van der Waals surface area contributed by atoms with Crippen molar-refractivity contribution in [3.05, 3.63) is 12.0 Å². The minimum atomic E-state index is -0.374. The van der Waals surface area contributed by atoms with E-state index in [1.807, 2.05) is 0 Å². The van der Waals surface area contributed by atoms with Gasteiger partial charge in [0.1, 0.15) is 0 Å². The topological polar surface area (TPSA) is 46.6 Å². The fourth-order valence-electron chi connectivity index (χ4n) is 1.55. The van der Waals surface area contributed by atoms with Gasteiger partial charge in [-0.1, -0.05) is 0 Å². The van der Waals surface area contributed by atoms with Gasteiger partial charge >= 0.3 is 5.97 Å². The van der Waals surface area contributed by atoms with Gasteiger partial charge < -0.3 is 4.74 Å². The van der Waals surface area contributed by atoms with E-state index < -0.39 is 0 Å². The zero-order valence-corrected chi connectivity index (χ0v) is 6.74. The number of hydrogen-bond donors (Lipinski definition) is 0. The molecule has 4 nitrogen and oxygen atoms in total. The Labute approximate surface area is 69.8 Å². The normalized spacial score (nSPS) is 26.1. The first-order valence-electron chi connectivity index (χ1n) is 3.89. The van der Waals surface area contributed by atoms with Crippen LogP contribution in [-0.2, 0) is 14.3 Å². The summed E-state index contributed by atoms with van der Waals surface area (Å²) in [7, 11) is 0. The lowest BCUT2D eigenvalue weighted by Gasteiger charge is -2.35. The van der Waals surface area contributed by atoms with Crippen molar-refractivity contribution in [1.82, 2.24) is 4.90 Å². The summed E-state index contributed by atoms with van der Waals surface area (Å²) in [6.45, 7) is 1.33. The summed E-state index contributed by atoms with van der Waals surface area (Å²) in [6.07, 6.45) is 3.19. The van der Waals surface area contributed by atoms with Crippen molar-refractivity contribution in [3.8, 4) is 0 Å². The number of hydrogen-bond acceptors (Lipinski definition) is 3. The molecule has 2 aliphatic rings. The predicted molar refractivity (Wildman–Crippen MR) is 39.7 cm³/mol. The van der Waals surface area contributed by atoms with Crippen LogP contribution in [-0.4, -0.2) is 22.8 Å². The Morgan fingerprint density at radius 2 is 2.50 bits per heavy atom. The van der Waals surface area contributed by atoms with Crippen LogP contribution in [0.1, 0.15) is 19.8 Å². The first kappa shape index (κ1) is 7.34. The highest BCUT2D eigenvalue weighted by molar-refractivity contribution is 5.86. The first-order valence-corrected chi connectivity index (χ1v) is 3.89. The van der Waals surface area contributed by atoms with E-state index >= 15 is 0 Å². The van der Waals surface area contributed by atoms with Gasteiger partial charge in [-0.2, -0.15) is 0 Å². The lowest BCUT2D eigenvalue weighted by Crippen LogP contribution is -2.48. The van der Waals surface area contributed by atoms with Gasteiger partial charge in [0.15, 0.2) is 0 Å². The summed E-state index contributed by atoms with van der Waals surface area (Å²) in [5.41, 5.74) is 0. The molecule has 1 saturated heterocycles. The van der Waals surface area contributed by atoms with Crippen LogP contribution in [0.3, 0.4) is 0 Å². The highest BCUT2D eigenvalue weighted by Crippen LogP contribution is 2.33. The third kappa shape index (κ3) is 0.913. The second kappa shape index (κ2) is 2.33. The quantitative estimate of drug-likeness (QED) is 0.419. The number of ether oxygens (including phenoxy) is 1. The molecule has 2 heterocycles. The fraction of sp³-hybridized carbons (Fsp3) is 0.500. The molecule has 0 saturated carbocycles. The van der Waals surface area contributed by atoms with Crippen LogP contribution in [0.4, 0.5) is 0 Å². The molecule has 2 aliphatic heterocycles. The number of carbonyl (C=O) groups is 2. The number of nitrogens with zero attached hydrogens (tertiary/aromatic N) is 1. The van der Waals surface area contributed by atoms with Crippen molar-refractivity contribution in [2.75, 3.05) is 0 Å². The maximum atomic E-state index is 11.0. The van der Waals surface area contributed by atoms with Gasteiger partial charge in [0.05, 0.1) is 6.04 Å². The number of β-lactam (4-membered cyclic amide) rings is 1. The Morgan fingerprint density at radius 3 is 3.08 bits per heavy atom. The highest BCUT2D eigenvalue weighted by Gasteiger charge is 2.42. The van der Waals surface area contributed by atoms with Crippen molar-refractivity contribution in [2.24, 2.45) is 0 Å². The molecule has 2 rings (SSSR count). The number of rotatable bonds is 1. The summed E-state index contributed by atoms with van der Waals surface area (Å²) in [5.74, 6) is 0.0929. The summed E-state index contributed by atoms with van der Waals surface area (Å²) in [6, 6.07) is 0.256. The van der Waals surface area contributed by atoms with Crippen molar-refractivity contribution in [2.45, 2.75) is 25.8 Å². The Bertz CT molecular complexity index is 282. The van der Waals surface area contributed by atoms with Crippen molar-refractivity contribution in [1.29, 1.82) is 0 Å². The Balaban J connectivity index is 2.07.